The molecule has 0 saturated carbocycles. The molecule has 0 aliphatic heterocycles. The van der Waals surface area contributed by atoms with E-state index in [9.17, 15) is 4.39 Å². The molecule has 1 aromatic heterocycles. The Morgan fingerprint density at radius 2 is 1.81 bits per heavy atom. The zero-order chi connectivity index (χ0) is 11.9. The summed E-state index contributed by atoms with van der Waals surface area (Å²) in [6.45, 7) is 7.12. The van der Waals surface area contributed by atoms with Crippen molar-refractivity contribution >= 4 is 10.9 Å². The fourth-order valence-corrected chi connectivity index (χ4v) is 1.81. The first-order chi connectivity index (χ1) is 7.38. The monoisotopic (exact) mass is 217 g/mol. The predicted molar refractivity (Wildman–Crippen MR) is 65.4 cm³/mol. The number of benzene rings is 1. The van der Waals surface area contributed by atoms with Gasteiger partial charge in [0.05, 0.1) is 11.2 Å². The van der Waals surface area contributed by atoms with Gasteiger partial charge in [0.25, 0.3) is 0 Å². The van der Waals surface area contributed by atoms with Crippen molar-refractivity contribution in [3.63, 3.8) is 0 Å². The van der Waals surface area contributed by atoms with E-state index in [-0.39, 0.29) is 0 Å². The molecule has 0 bridgehead atoms. The number of pyridine rings is 1. The normalized spacial score (nSPS) is 12.1. The highest BCUT2D eigenvalue weighted by atomic mass is 19.1. The van der Waals surface area contributed by atoms with Gasteiger partial charge in [-0.25, -0.2) is 9.37 Å². The molecule has 0 aliphatic carbocycles. The van der Waals surface area contributed by atoms with E-state index in [2.05, 4.69) is 11.1 Å². The van der Waals surface area contributed by atoms with Crippen molar-refractivity contribution in [2.45, 2.75) is 33.4 Å². The Balaban J connectivity index is 2.74. The van der Waals surface area contributed by atoms with Crippen LogP contribution in [0.2, 0.25) is 0 Å². The summed E-state index contributed by atoms with van der Waals surface area (Å²) in [5, 5.41) is 1.10. The molecular weight excluding hydrogens is 201 g/mol. The van der Waals surface area contributed by atoms with Crippen LogP contribution in [0.1, 0.15) is 30.7 Å². The van der Waals surface area contributed by atoms with Crippen LogP contribution < -0.4 is 0 Å². The Labute approximate surface area is 95.3 Å². The molecule has 2 heteroatoms. The maximum absolute atomic E-state index is 13.8. The second-order valence-electron chi connectivity index (χ2n) is 4.82. The van der Waals surface area contributed by atoms with Crippen LogP contribution in [-0.2, 0) is 5.67 Å². The van der Waals surface area contributed by atoms with Crippen LogP contribution in [0.15, 0.2) is 24.3 Å². The van der Waals surface area contributed by atoms with Crippen LogP contribution in [0.3, 0.4) is 0 Å². The van der Waals surface area contributed by atoms with Gasteiger partial charge < -0.3 is 0 Å². The summed E-state index contributed by atoms with van der Waals surface area (Å²) >= 11 is 0. The average Bonchev–Trinajstić information content (AvgIpc) is 2.17. The Bertz CT molecular complexity index is 538. The molecule has 1 heterocycles. The first kappa shape index (κ1) is 11.1. The van der Waals surface area contributed by atoms with Crippen LogP contribution in [-0.4, -0.2) is 4.98 Å². The van der Waals surface area contributed by atoms with Crippen LogP contribution in [0.25, 0.3) is 10.9 Å². The summed E-state index contributed by atoms with van der Waals surface area (Å²) in [4.78, 5) is 4.37. The van der Waals surface area contributed by atoms with Gasteiger partial charge in [-0.15, -0.1) is 0 Å². The molecule has 0 fully saturated rings. The first-order valence-electron chi connectivity index (χ1n) is 5.45. The Hall–Kier alpha value is -1.44. The average molecular weight is 217 g/mol. The van der Waals surface area contributed by atoms with Crippen molar-refractivity contribution in [3.05, 3.63) is 41.1 Å². The van der Waals surface area contributed by atoms with Gasteiger partial charge in [0.1, 0.15) is 5.67 Å². The zero-order valence-electron chi connectivity index (χ0n) is 10.1. The SMILES string of the molecule is Cc1ccc2nc(C(C)(C)F)cc(C)c2c1. The lowest BCUT2D eigenvalue weighted by molar-refractivity contribution is 0.215. The molecule has 0 N–H and O–H groups in total. The second-order valence-corrected chi connectivity index (χ2v) is 4.82. The largest absolute Gasteiger partial charge is 0.249 e. The van der Waals surface area contributed by atoms with Crippen LogP contribution in [0.5, 0.6) is 0 Å². The van der Waals surface area contributed by atoms with Gasteiger partial charge in [0.2, 0.25) is 0 Å². The highest BCUT2D eigenvalue weighted by molar-refractivity contribution is 5.83. The number of halogens is 1. The van der Waals surface area contributed by atoms with E-state index in [0.29, 0.717) is 5.69 Å². The third-order valence-corrected chi connectivity index (χ3v) is 2.78. The lowest BCUT2D eigenvalue weighted by atomic mass is 10.0. The van der Waals surface area contributed by atoms with Crippen molar-refractivity contribution in [2.75, 3.05) is 0 Å². The second kappa shape index (κ2) is 3.55. The lowest BCUT2D eigenvalue weighted by Crippen LogP contribution is -2.12. The zero-order valence-corrected chi connectivity index (χ0v) is 10.1. The van der Waals surface area contributed by atoms with Gasteiger partial charge >= 0.3 is 0 Å². The molecule has 0 unspecified atom stereocenters. The number of hydrogen-bond acceptors (Lipinski definition) is 1. The van der Waals surface area contributed by atoms with E-state index in [4.69, 9.17) is 0 Å². The lowest BCUT2D eigenvalue weighted by Gasteiger charge is -2.15. The summed E-state index contributed by atoms with van der Waals surface area (Å²) in [5.41, 5.74) is 2.26. The number of alkyl halides is 1. The van der Waals surface area contributed by atoms with Gasteiger partial charge in [0, 0.05) is 5.39 Å². The van der Waals surface area contributed by atoms with Gasteiger partial charge in [-0.1, -0.05) is 11.6 Å². The summed E-state index contributed by atoms with van der Waals surface area (Å²) in [6, 6.07) is 7.88. The minimum absolute atomic E-state index is 0.501. The van der Waals surface area contributed by atoms with E-state index in [1.807, 2.05) is 32.0 Å². The molecule has 0 atom stereocenters. The smallest absolute Gasteiger partial charge is 0.147 e. The third kappa shape index (κ3) is 1.92. The van der Waals surface area contributed by atoms with Gasteiger partial charge in [-0.2, -0.15) is 0 Å². The van der Waals surface area contributed by atoms with Crippen LogP contribution in [0.4, 0.5) is 4.39 Å². The number of nitrogens with zero attached hydrogens (tertiary/aromatic N) is 1. The molecular formula is C14H16FN. The summed E-state index contributed by atoms with van der Waals surface area (Å²) in [6.07, 6.45) is 0. The summed E-state index contributed by atoms with van der Waals surface area (Å²) < 4.78 is 13.8. The number of aromatic nitrogens is 1. The molecule has 1 nitrogen and oxygen atoms in total. The number of hydrogen-bond donors (Lipinski definition) is 0. The standard InChI is InChI=1S/C14H16FN/c1-9-5-6-12-11(7-9)10(2)8-13(16-12)14(3,4)15/h5-8H,1-4H3. The number of fused-ring (bicyclic) bond motifs is 1. The number of rotatable bonds is 1. The molecule has 0 spiro atoms. The number of aryl methyl sites for hydroxylation is 2. The Morgan fingerprint density at radius 3 is 2.44 bits per heavy atom. The molecule has 1 aromatic carbocycles. The predicted octanol–water partition coefficient (Wildman–Crippen LogP) is 4.06. The summed E-state index contributed by atoms with van der Waals surface area (Å²) in [5.74, 6) is 0. The first-order valence-corrected chi connectivity index (χ1v) is 5.45. The van der Waals surface area contributed by atoms with Crippen LogP contribution >= 0.6 is 0 Å². The maximum Gasteiger partial charge on any atom is 0.147 e. The van der Waals surface area contributed by atoms with Crippen LogP contribution in [0, 0.1) is 13.8 Å². The van der Waals surface area contributed by atoms with E-state index in [1.54, 1.807) is 0 Å². The van der Waals surface area contributed by atoms with E-state index >= 15 is 0 Å². The van der Waals surface area contributed by atoms with Crippen molar-refractivity contribution in [1.29, 1.82) is 0 Å². The quantitative estimate of drug-likeness (QED) is 0.702. The fraction of sp³-hybridized carbons (Fsp3) is 0.357. The van der Waals surface area contributed by atoms with Gasteiger partial charge in [-0.3, -0.25) is 0 Å². The third-order valence-electron chi connectivity index (χ3n) is 2.78. The van der Waals surface area contributed by atoms with E-state index in [0.717, 1.165) is 16.5 Å². The molecule has 0 amide bonds. The van der Waals surface area contributed by atoms with E-state index in [1.165, 1.54) is 19.4 Å². The molecule has 84 valence electrons. The molecule has 2 aromatic rings. The maximum atomic E-state index is 13.8. The topological polar surface area (TPSA) is 12.9 Å². The van der Waals surface area contributed by atoms with Gasteiger partial charge in [0.15, 0.2) is 0 Å². The van der Waals surface area contributed by atoms with E-state index < -0.39 is 5.67 Å². The van der Waals surface area contributed by atoms with Gasteiger partial charge in [-0.05, 0) is 51.5 Å². The molecule has 0 aliphatic rings. The molecule has 0 saturated heterocycles. The fourth-order valence-electron chi connectivity index (χ4n) is 1.81. The van der Waals surface area contributed by atoms with Crippen molar-refractivity contribution in [3.8, 4) is 0 Å². The van der Waals surface area contributed by atoms with Crippen molar-refractivity contribution in [2.24, 2.45) is 0 Å². The van der Waals surface area contributed by atoms with Crippen molar-refractivity contribution in [1.82, 2.24) is 4.98 Å². The minimum atomic E-state index is -1.39. The molecule has 0 radical (unpaired) electrons. The molecule has 16 heavy (non-hydrogen) atoms. The highest BCUT2D eigenvalue weighted by Gasteiger charge is 2.21. The minimum Gasteiger partial charge on any atom is -0.249 e. The Morgan fingerprint density at radius 1 is 1.12 bits per heavy atom. The molecule has 2 rings (SSSR count). The highest BCUT2D eigenvalue weighted by Crippen LogP contribution is 2.27. The Kier molecular flexibility index (Phi) is 2.45. The van der Waals surface area contributed by atoms with Crippen molar-refractivity contribution < 1.29 is 4.39 Å². The summed E-state index contributed by atoms with van der Waals surface area (Å²) in [7, 11) is 0.